The molecule has 0 unspecified atom stereocenters. The van der Waals surface area contributed by atoms with Crippen LogP contribution in [-0.4, -0.2) is 9.97 Å². The number of nitrogen functional groups attached to an aromatic ring is 1. The predicted octanol–water partition coefficient (Wildman–Crippen LogP) is 5.70. The molecule has 0 aliphatic carbocycles. The fourth-order valence-electron chi connectivity index (χ4n) is 2.75. The van der Waals surface area contributed by atoms with Crippen LogP contribution in [0.5, 0.6) is 5.75 Å². The summed E-state index contributed by atoms with van der Waals surface area (Å²) in [6, 6.07) is 17.0. The molecular weight excluding hydrogens is 415 g/mol. The molecule has 0 spiro atoms. The summed E-state index contributed by atoms with van der Waals surface area (Å²) in [5.74, 6) is 0.581. The number of hydrogen-bond acceptors (Lipinski definition) is 6. The largest absolute Gasteiger partial charge is 0.487 e. The number of aromatic nitrogens is 2. The molecule has 2 aromatic carbocycles. The minimum absolute atomic E-state index is 0.103. The van der Waals surface area contributed by atoms with Gasteiger partial charge < -0.3 is 10.5 Å². The standard InChI is InChI=1S/C20H12Cl2N4OS/c21-15-8-16(22)17(27-10-11-4-2-1-3-5-11)7-13(15)18-14-6-12(9-23)28-19(14)26-20(24)25-18/h1-8H,10H2,(H2,24,25,26). The molecule has 0 aliphatic heterocycles. The molecule has 0 amide bonds. The van der Waals surface area contributed by atoms with E-state index in [0.29, 0.717) is 48.8 Å². The van der Waals surface area contributed by atoms with E-state index in [1.807, 2.05) is 30.3 Å². The molecule has 0 aliphatic rings. The van der Waals surface area contributed by atoms with Gasteiger partial charge in [0.25, 0.3) is 0 Å². The lowest BCUT2D eigenvalue weighted by atomic mass is 10.1. The first-order chi connectivity index (χ1) is 13.5. The fourth-order valence-corrected chi connectivity index (χ4v) is 4.12. The van der Waals surface area contributed by atoms with Gasteiger partial charge in [0.1, 0.15) is 28.1 Å². The lowest BCUT2D eigenvalue weighted by Crippen LogP contribution is -1.99. The minimum Gasteiger partial charge on any atom is -0.487 e. The number of hydrogen-bond donors (Lipinski definition) is 1. The smallest absolute Gasteiger partial charge is 0.221 e. The highest BCUT2D eigenvalue weighted by molar-refractivity contribution is 7.19. The van der Waals surface area contributed by atoms with Crippen LogP contribution < -0.4 is 10.5 Å². The molecule has 4 rings (SSSR count). The van der Waals surface area contributed by atoms with E-state index >= 15 is 0 Å². The molecule has 2 aromatic heterocycles. The Morgan fingerprint density at radius 2 is 1.86 bits per heavy atom. The van der Waals surface area contributed by atoms with E-state index in [2.05, 4.69) is 16.0 Å². The second-order valence-corrected chi connectivity index (χ2v) is 7.75. The van der Waals surface area contributed by atoms with Crippen LogP contribution >= 0.6 is 34.5 Å². The van der Waals surface area contributed by atoms with Crippen LogP contribution in [0.4, 0.5) is 5.95 Å². The minimum atomic E-state index is 0.103. The Kier molecular flexibility index (Phi) is 5.05. The SMILES string of the molecule is N#Cc1cc2c(-c3cc(OCc4ccccc4)c(Cl)cc3Cl)nc(N)nc2s1. The summed E-state index contributed by atoms with van der Waals surface area (Å²) in [6.45, 7) is 0.361. The van der Waals surface area contributed by atoms with Gasteiger partial charge in [-0.3, -0.25) is 0 Å². The molecule has 0 saturated heterocycles. The summed E-state index contributed by atoms with van der Waals surface area (Å²) in [6.07, 6.45) is 0. The number of anilines is 1. The molecule has 0 bridgehead atoms. The van der Waals surface area contributed by atoms with Crippen molar-refractivity contribution in [1.82, 2.24) is 9.97 Å². The number of nitrogens with two attached hydrogens (primary N) is 1. The first-order valence-electron chi connectivity index (χ1n) is 8.18. The van der Waals surface area contributed by atoms with Crippen LogP contribution in [-0.2, 0) is 6.61 Å². The van der Waals surface area contributed by atoms with Gasteiger partial charge in [-0.1, -0.05) is 53.5 Å². The van der Waals surface area contributed by atoms with Gasteiger partial charge in [0.2, 0.25) is 5.95 Å². The maximum atomic E-state index is 9.20. The number of nitrogens with zero attached hydrogens (tertiary/aromatic N) is 3. The van der Waals surface area contributed by atoms with Crippen LogP contribution in [0, 0.1) is 11.3 Å². The maximum Gasteiger partial charge on any atom is 0.221 e. The van der Waals surface area contributed by atoms with Crippen molar-refractivity contribution >= 4 is 50.7 Å². The van der Waals surface area contributed by atoms with Crippen molar-refractivity contribution < 1.29 is 4.74 Å². The first kappa shape index (κ1) is 18.5. The van der Waals surface area contributed by atoms with Gasteiger partial charge in [0, 0.05) is 10.9 Å². The summed E-state index contributed by atoms with van der Waals surface area (Å²) in [5, 5.41) is 10.7. The van der Waals surface area contributed by atoms with E-state index < -0.39 is 0 Å². The molecular formula is C20H12Cl2N4OS. The molecule has 0 saturated carbocycles. The molecule has 138 valence electrons. The van der Waals surface area contributed by atoms with Gasteiger partial charge in [-0.15, -0.1) is 11.3 Å². The average molecular weight is 427 g/mol. The number of nitriles is 1. The second kappa shape index (κ2) is 7.64. The number of thiophene rings is 1. The van der Waals surface area contributed by atoms with Crippen LogP contribution in [0.3, 0.4) is 0 Å². The molecule has 4 aromatic rings. The van der Waals surface area contributed by atoms with Crippen LogP contribution in [0.25, 0.3) is 21.5 Å². The quantitative estimate of drug-likeness (QED) is 0.452. The van der Waals surface area contributed by atoms with E-state index in [-0.39, 0.29) is 5.95 Å². The zero-order valence-electron chi connectivity index (χ0n) is 14.3. The second-order valence-electron chi connectivity index (χ2n) is 5.91. The Balaban J connectivity index is 1.79. The molecule has 5 nitrogen and oxygen atoms in total. The molecule has 8 heteroatoms. The highest BCUT2D eigenvalue weighted by Gasteiger charge is 2.17. The molecule has 0 fully saturated rings. The summed E-state index contributed by atoms with van der Waals surface area (Å²) in [5.41, 5.74) is 8.02. The van der Waals surface area contributed by atoms with Crippen LogP contribution in [0.2, 0.25) is 10.0 Å². The normalized spacial score (nSPS) is 10.8. The molecule has 0 radical (unpaired) electrons. The van der Waals surface area contributed by atoms with E-state index in [4.69, 9.17) is 33.7 Å². The fraction of sp³-hybridized carbons (Fsp3) is 0.0500. The molecule has 2 N–H and O–H groups in total. The Morgan fingerprint density at radius 3 is 2.61 bits per heavy atom. The highest BCUT2D eigenvalue weighted by Crippen LogP contribution is 2.40. The highest BCUT2D eigenvalue weighted by atomic mass is 35.5. The van der Waals surface area contributed by atoms with E-state index in [9.17, 15) is 5.26 Å². The summed E-state index contributed by atoms with van der Waals surface area (Å²) < 4.78 is 5.89. The van der Waals surface area contributed by atoms with Gasteiger partial charge in [-0.25, -0.2) is 9.97 Å². The van der Waals surface area contributed by atoms with E-state index in [1.54, 1.807) is 18.2 Å². The van der Waals surface area contributed by atoms with Gasteiger partial charge >= 0.3 is 0 Å². The summed E-state index contributed by atoms with van der Waals surface area (Å²) in [4.78, 5) is 9.70. The Labute approximate surface area is 174 Å². The summed E-state index contributed by atoms with van der Waals surface area (Å²) >= 11 is 14.0. The van der Waals surface area contributed by atoms with Crippen molar-refractivity contribution in [1.29, 1.82) is 5.26 Å². The Morgan fingerprint density at radius 1 is 1.07 bits per heavy atom. The number of ether oxygens (including phenoxy) is 1. The van der Waals surface area contributed by atoms with Crippen LogP contribution in [0.1, 0.15) is 10.4 Å². The van der Waals surface area contributed by atoms with Gasteiger partial charge in [-0.05, 0) is 23.8 Å². The number of fused-ring (bicyclic) bond motifs is 1. The third-order valence-electron chi connectivity index (χ3n) is 4.03. The number of rotatable bonds is 4. The lowest BCUT2D eigenvalue weighted by molar-refractivity contribution is 0.306. The third kappa shape index (κ3) is 3.60. The Hall–Kier alpha value is -2.85. The molecule has 0 atom stereocenters. The average Bonchev–Trinajstić information content (AvgIpc) is 3.10. The summed E-state index contributed by atoms with van der Waals surface area (Å²) in [7, 11) is 0. The zero-order valence-corrected chi connectivity index (χ0v) is 16.6. The van der Waals surface area contributed by atoms with Gasteiger partial charge in [-0.2, -0.15) is 5.26 Å². The van der Waals surface area contributed by atoms with Gasteiger partial charge in [0.15, 0.2) is 0 Å². The monoisotopic (exact) mass is 426 g/mol. The van der Waals surface area contributed by atoms with Crippen molar-refractivity contribution in [3.63, 3.8) is 0 Å². The van der Waals surface area contributed by atoms with Crippen molar-refractivity contribution in [3.8, 4) is 23.1 Å². The van der Waals surface area contributed by atoms with E-state index in [1.165, 1.54) is 11.3 Å². The van der Waals surface area contributed by atoms with Crippen molar-refractivity contribution in [2.24, 2.45) is 0 Å². The van der Waals surface area contributed by atoms with Crippen LogP contribution in [0.15, 0.2) is 48.5 Å². The Bertz CT molecular complexity index is 1220. The lowest BCUT2D eigenvalue weighted by Gasteiger charge is -2.12. The first-order valence-corrected chi connectivity index (χ1v) is 9.75. The van der Waals surface area contributed by atoms with Gasteiger partial charge in [0.05, 0.1) is 15.7 Å². The third-order valence-corrected chi connectivity index (χ3v) is 5.58. The van der Waals surface area contributed by atoms with E-state index in [0.717, 1.165) is 5.56 Å². The predicted molar refractivity (Wildman–Crippen MR) is 113 cm³/mol. The number of benzene rings is 2. The maximum absolute atomic E-state index is 9.20. The molecule has 2 heterocycles. The topological polar surface area (TPSA) is 84.8 Å². The van der Waals surface area contributed by atoms with Crippen molar-refractivity contribution in [2.75, 3.05) is 5.73 Å². The zero-order chi connectivity index (χ0) is 19.7. The van der Waals surface area contributed by atoms with Crippen molar-refractivity contribution in [3.05, 3.63) is 69.0 Å². The number of halogens is 2. The molecule has 28 heavy (non-hydrogen) atoms. The van der Waals surface area contributed by atoms with Crippen molar-refractivity contribution in [2.45, 2.75) is 6.61 Å².